The molecule has 0 unspecified atom stereocenters. The number of nitrogens with one attached hydrogen (secondary N) is 1. The van der Waals surface area contributed by atoms with Crippen LogP contribution in [0.4, 0.5) is 17.5 Å². The number of aliphatic hydroxyl groups is 1. The lowest BCUT2D eigenvalue weighted by atomic mass is 10.2. The Morgan fingerprint density at radius 1 is 1.08 bits per heavy atom. The topological polar surface area (TPSA) is 95.2 Å². The standard InChI is InChI=1S/C26H30N8OS/c1-16-6-24(31-25(7-16)34-15-19-8-20(34)14-32(19)4-5-35)30-23-9-21-22(11-27-23)36-26(29-21)18-10-28-33(13-18)12-17-2-3-17/h6-7,9-11,13,17,19-20,35H,2-5,8,12,14-15H2,1H3,(H,27,30,31)/t19-,20-/m0/s1. The lowest BCUT2D eigenvalue weighted by molar-refractivity contribution is 0.177. The number of piperazine rings is 1. The zero-order valence-corrected chi connectivity index (χ0v) is 21.2. The number of pyridine rings is 2. The van der Waals surface area contributed by atoms with Crippen LogP contribution in [0, 0.1) is 12.8 Å². The van der Waals surface area contributed by atoms with E-state index in [2.05, 4.69) is 50.5 Å². The molecule has 186 valence electrons. The van der Waals surface area contributed by atoms with Crippen LogP contribution in [-0.4, -0.2) is 73.1 Å². The fourth-order valence-electron chi connectivity index (χ4n) is 5.59. The first-order valence-corrected chi connectivity index (χ1v) is 13.6. The SMILES string of the molecule is Cc1cc(Nc2cc3nc(-c4cnn(CC5CC5)c4)sc3cn2)nc(N2C[C@@H]3C[C@H]2CN3CCO)c1. The Bertz CT molecular complexity index is 1410. The Morgan fingerprint density at radius 2 is 2.00 bits per heavy atom. The monoisotopic (exact) mass is 502 g/mol. The molecule has 0 aromatic carbocycles. The van der Waals surface area contributed by atoms with Crippen LogP contribution in [0.2, 0.25) is 0 Å². The predicted octanol–water partition coefficient (Wildman–Crippen LogP) is 3.67. The van der Waals surface area contributed by atoms with Gasteiger partial charge in [0.05, 0.1) is 23.0 Å². The minimum Gasteiger partial charge on any atom is -0.395 e. The summed E-state index contributed by atoms with van der Waals surface area (Å²) >= 11 is 1.65. The highest BCUT2D eigenvalue weighted by molar-refractivity contribution is 7.21. The molecule has 1 saturated carbocycles. The predicted molar refractivity (Wildman–Crippen MR) is 142 cm³/mol. The van der Waals surface area contributed by atoms with Crippen molar-refractivity contribution in [2.75, 3.05) is 36.5 Å². The van der Waals surface area contributed by atoms with Crippen molar-refractivity contribution in [1.82, 2.24) is 29.6 Å². The average Bonchev–Trinajstić information content (AvgIpc) is 3.24. The molecule has 1 aliphatic carbocycles. The van der Waals surface area contributed by atoms with E-state index in [4.69, 9.17) is 9.97 Å². The average molecular weight is 503 g/mol. The van der Waals surface area contributed by atoms with Crippen LogP contribution in [0.5, 0.6) is 0 Å². The molecule has 2 bridgehead atoms. The van der Waals surface area contributed by atoms with Gasteiger partial charge in [-0.25, -0.2) is 15.0 Å². The van der Waals surface area contributed by atoms with E-state index in [9.17, 15) is 5.11 Å². The number of hydrogen-bond donors (Lipinski definition) is 2. The van der Waals surface area contributed by atoms with Crippen molar-refractivity contribution in [3.05, 3.63) is 42.4 Å². The number of aryl methyl sites for hydroxylation is 1. The first-order chi connectivity index (χ1) is 17.6. The first-order valence-electron chi connectivity index (χ1n) is 12.8. The number of hydrogen-bond acceptors (Lipinski definition) is 9. The molecule has 10 heteroatoms. The third-order valence-corrected chi connectivity index (χ3v) is 8.60. The van der Waals surface area contributed by atoms with Crippen LogP contribution >= 0.6 is 11.3 Å². The van der Waals surface area contributed by atoms with Crippen molar-refractivity contribution < 1.29 is 5.11 Å². The second-order valence-corrected chi connectivity index (χ2v) is 11.4. The zero-order chi connectivity index (χ0) is 24.2. The Kier molecular flexibility index (Phi) is 5.41. The molecule has 9 nitrogen and oxygen atoms in total. The molecule has 2 saturated heterocycles. The summed E-state index contributed by atoms with van der Waals surface area (Å²) in [4.78, 5) is 19.3. The summed E-state index contributed by atoms with van der Waals surface area (Å²) in [5.41, 5.74) is 3.16. The second-order valence-electron chi connectivity index (χ2n) is 10.4. The summed E-state index contributed by atoms with van der Waals surface area (Å²) in [6.07, 6.45) is 9.68. The van der Waals surface area contributed by atoms with Crippen molar-refractivity contribution in [2.45, 2.75) is 44.8 Å². The summed E-state index contributed by atoms with van der Waals surface area (Å²) in [6.45, 7) is 6.05. The van der Waals surface area contributed by atoms with Gasteiger partial charge < -0.3 is 15.3 Å². The van der Waals surface area contributed by atoms with Crippen molar-refractivity contribution in [3.8, 4) is 10.6 Å². The molecule has 0 amide bonds. The molecule has 2 N–H and O–H groups in total. The Morgan fingerprint density at radius 3 is 2.81 bits per heavy atom. The van der Waals surface area contributed by atoms with Gasteiger partial charge in [0.2, 0.25) is 0 Å². The third kappa shape index (κ3) is 4.23. The first kappa shape index (κ1) is 22.1. The van der Waals surface area contributed by atoms with E-state index >= 15 is 0 Å². The van der Waals surface area contributed by atoms with Crippen molar-refractivity contribution in [3.63, 3.8) is 0 Å². The number of likely N-dealkylation sites (tertiary alicyclic amines) is 1. The van der Waals surface area contributed by atoms with Gasteiger partial charge in [-0.2, -0.15) is 5.10 Å². The summed E-state index contributed by atoms with van der Waals surface area (Å²) in [5, 5.41) is 18.2. The molecular formula is C26H30N8OS. The highest BCUT2D eigenvalue weighted by Gasteiger charge is 2.43. The van der Waals surface area contributed by atoms with Gasteiger partial charge in [-0.3, -0.25) is 9.58 Å². The molecule has 7 rings (SSSR count). The normalized spacial score (nSPS) is 21.7. The zero-order valence-electron chi connectivity index (χ0n) is 20.3. The van der Waals surface area contributed by atoms with Gasteiger partial charge in [0.25, 0.3) is 0 Å². The highest BCUT2D eigenvalue weighted by atomic mass is 32.1. The van der Waals surface area contributed by atoms with E-state index in [1.807, 2.05) is 23.1 Å². The van der Waals surface area contributed by atoms with Crippen LogP contribution in [-0.2, 0) is 6.54 Å². The fourth-order valence-corrected chi connectivity index (χ4v) is 6.48. The number of thiazole rings is 1. The molecule has 0 radical (unpaired) electrons. The molecule has 2 atom stereocenters. The van der Waals surface area contributed by atoms with Gasteiger partial charge >= 0.3 is 0 Å². The Hall–Kier alpha value is -3.08. The van der Waals surface area contributed by atoms with Gasteiger partial charge in [-0.05, 0) is 49.8 Å². The van der Waals surface area contributed by atoms with Crippen LogP contribution in [0.25, 0.3) is 20.8 Å². The second kappa shape index (κ2) is 8.79. The quantitative estimate of drug-likeness (QED) is 0.377. The maximum Gasteiger partial charge on any atom is 0.134 e. The van der Waals surface area contributed by atoms with Crippen molar-refractivity contribution >= 4 is 39.0 Å². The van der Waals surface area contributed by atoms with Crippen molar-refractivity contribution in [1.29, 1.82) is 0 Å². The summed E-state index contributed by atoms with van der Waals surface area (Å²) in [7, 11) is 0. The number of fused-ring (bicyclic) bond motifs is 3. The van der Waals surface area contributed by atoms with E-state index in [1.165, 1.54) is 12.8 Å². The molecule has 0 spiro atoms. The number of anilines is 3. The lowest BCUT2D eigenvalue weighted by Gasteiger charge is -2.34. The van der Waals surface area contributed by atoms with E-state index < -0.39 is 0 Å². The van der Waals surface area contributed by atoms with Gasteiger partial charge in [-0.15, -0.1) is 11.3 Å². The largest absolute Gasteiger partial charge is 0.395 e. The van der Waals surface area contributed by atoms with Crippen LogP contribution < -0.4 is 10.2 Å². The van der Waals surface area contributed by atoms with Crippen molar-refractivity contribution in [2.24, 2.45) is 5.92 Å². The summed E-state index contributed by atoms with van der Waals surface area (Å²) < 4.78 is 3.10. The molecule has 36 heavy (non-hydrogen) atoms. The van der Waals surface area contributed by atoms with E-state index in [1.54, 1.807) is 11.3 Å². The number of aromatic nitrogens is 5. The molecule has 4 aromatic heterocycles. The number of nitrogens with zero attached hydrogens (tertiary/aromatic N) is 7. The molecule has 6 heterocycles. The number of aliphatic hydroxyl groups excluding tert-OH is 1. The van der Waals surface area contributed by atoms with E-state index in [-0.39, 0.29) is 6.61 Å². The number of rotatable bonds is 8. The Labute approximate surface area is 213 Å². The van der Waals surface area contributed by atoms with Gasteiger partial charge in [-0.1, -0.05) is 0 Å². The summed E-state index contributed by atoms with van der Waals surface area (Å²) in [5.74, 6) is 3.34. The van der Waals surface area contributed by atoms with E-state index in [0.717, 1.165) is 82.3 Å². The molecule has 3 fully saturated rings. The molecular weight excluding hydrogens is 472 g/mol. The number of β-amino-alcohol motifs (C(OH)–C–C–N with tert-alkyl or cyclic N) is 1. The fraction of sp³-hybridized carbons (Fsp3) is 0.462. The maximum absolute atomic E-state index is 9.32. The molecule has 2 aliphatic heterocycles. The van der Waals surface area contributed by atoms with E-state index in [0.29, 0.717) is 12.1 Å². The lowest BCUT2D eigenvalue weighted by Crippen LogP contribution is -2.47. The summed E-state index contributed by atoms with van der Waals surface area (Å²) in [6, 6.07) is 7.18. The molecule has 3 aliphatic rings. The maximum atomic E-state index is 9.32. The van der Waals surface area contributed by atoms with Crippen LogP contribution in [0.3, 0.4) is 0 Å². The van der Waals surface area contributed by atoms with Gasteiger partial charge in [0.15, 0.2) is 0 Å². The minimum absolute atomic E-state index is 0.224. The van der Waals surface area contributed by atoms with Crippen LogP contribution in [0.15, 0.2) is 36.8 Å². The smallest absolute Gasteiger partial charge is 0.134 e. The third-order valence-electron chi connectivity index (χ3n) is 7.55. The van der Waals surface area contributed by atoms with Gasteiger partial charge in [0.1, 0.15) is 22.5 Å². The highest BCUT2D eigenvalue weighted by Crippen LogP contribution is 2.36. The Balaban J connectivity index is 1.09. The minimum atomic E-state index is 0.224. The van der Waals surface area contributed by atoms with Crippen LogP contribution in [0.1, 0.15) is 24.8 Å². The molecule has 4 aromatic rings. The van der Waals surface area contributed by atoms with Gasteiger partial charge in [0, 0.05) is 62.3 Å².